The highest BCUT2D eigenvalue weighted by molar-refractivity contribution is 6.31. The number of rotatable bonds is 8. The Kier molecular flexibility index (Phi) is 8.03. The first-order valence-electron chi connectivity index (χ1n) is 11.8. The average Bonchev–Trinajstić information content (AvgIpc) is 2.82. The Morgan fingerprint density at radius 1 is 0.971 bits per heavy atom. The van der Waals surface area contributed by atoms with Crippen LogP contribution < -0.4 is 9.64 Å². The van der Waals surface area contributed by atoms with Crippen molar-refractivity contribution in [1.29, 1.82) is 0 Å². The first kappa shape index (κ1) is 24.5. The maximum atomic E-state index is 10.5. The molecule has 4 rings (SSSR count). The number of aliphatic hydroxyl groups is 1. The fourth-order valence-electron chi connectivity index (χ4n) is 4.42. The third kappa shape index (κ3) is 6.06. The van der Waals surface area contributed by atoms with E-state index in [-0.39, 0.29) is 6.61 Å². The van der Waals surface area contributed by atoms with E-state index in [0.717, 1.165) is 71.0 Å². The Labute approximate surface area is 207 Å². The van der Waals surface area contributed by atoms with Crippen LogP contribution in [0.2, 0.25) is 5.02 Å². The van der Waals surface area contributed by atoms with Crippen molar-refractivity contribution in [1.82, 2.24) is 14.9 Å². The molecule has 1 aromatic heterocycles. The molecule has 6 nitrogen and oxygen atoms in total. The van der Waals surface area contributed by atoms with Gasteiger partial charge in [-0.15, -0.1) is 0 Å². The van der Waals surface area contributed by atoms with Gasteiger partial charge in [0.2, 0.25) is 0 Å². The highest BCUT2D eigenvalue weighted by atomic mass is 35.5. The van der Waals surface area contributed by atoms with Gasteiger partial charge in [0.25, 0.3) is 0 Å². The van der Waals surface area contributed by atoms with Gasteiger partial charge in [-0.3, -0.25) is 4.90 Å². The molecule has 1 unspecified atom stereocenters. The lowest BCUT2D eigenvalue weighted by Gasteiger charge is -2.37. The second-order valence-corrected chi connectivity index (χ2v) is 9.35. The van der Waals surface area contributed by atoms with E-state index in [2.05, 4.69) is 20.9 Å². The molecule has 0 saturated carbocycles. The number of nitrogens with zero attached hydrogens (tertiary/aromatic N) is 4. The largest absolute Gasteiger partial charge is 0.491 e. The third-order valence-electron chi connectivity index (χ3n) is 6.29. The minimum absolute atomic E-state index is 0.289. The van der Waals surface area contributed by atoms with Gasteiger partial charge in [0.05, 0.1) is 0 Å². The average molecular weight is 481 g/mol. The van der Waals surface area contributed by atoms with E-state index in [9.17, 15) is 5.11 Å². The van der Waals surface area contributed by atoms with E-state index in [1.807, 2.05) is 63.2 Å². The van der Waals surface area contributed by atoms with E-state index in [1.54, 1.807) is 0 Å². The van der Waals surface area contributed by atoms with Crippen LogP contribution in [0.3, 0.4) is 0 Å². The van der Waals surface area contributed by atoms with E-state index in [1.165, 1.54) is 0 Å². The number of piperazine rings is 1. The topological polar surface area (TPSA) is 61.7 Å². The maximum Gasteiger partial charge on any atom is 0.136 e. The summed E-state index contributed by atoms with van der Waals surface area (Å²) in [5, 5.41) is 11.3. The lowest BCUT2D eigenvalue weighted by atomic mass is 10.0. The van der Waals surface area contributed by atoms with E-state index < -0.39 is 6.10 Å². The number of anilines is 1. The van der Waals surface area contributed by atoms with Gasteiger partial charge in [0, 0.05) is 55.4 Å². The Balaban J connectivity index is 1.37. The minimum atomic E-state index is -0.537. The number of para-hydroxylation sites is 1. The molecule has 2 heterocycles. The van der Waals surface area contributed by atoms with Gasteiger partial charge >= 0.3 is 0 Å². The number of hydrogen-bond donors (Lipinski definition) is 1. The summed E-state index contributed by atoms with van der Waals surface area (Å²) in [6.07, 6.45) is 0.168. The summed E-state index contributed by atoms with van der Waals surface area (Å²) in [5.41, 5.74) is 4.27. The highest BCUT2D eigenvalue weighted by Crippen LogP contribution is 2.27. The molecule has 0 amide bonds. The smallest absolute Gasteiger partial charge is 0.136 e. The summed E-state index contributed by atoms with van der Waals surface area (Å²) < 4.78 is 5.82. The van der Waals surface area contributed by atoms with Gasteiger partial charge in [-0.1, -0.05) is 48.0 Å². The van der Waals surface area contributed by atoms with E-state index in [4.69, 9.17) is 21.3 Å². The highest BCUT2D eigenvalue weighted by Gasteiger charge is 2.24. The summed E-state index contributed by atoms with van der Waals surface area (Å²) in [5.74, 6) is 2.60. The number of ether oxygens (including phenoxy) is 1. The summed E-state index contributed by atoms with van der Waals surface area (Å²) in [7, 11) is 0. The molecular formula is C27H33ClN4O2. The van der Waals surface area contributed by atoms with E-state index >= 15 is 0 Å². The van der Waals surface area contributed by atoms with Crippen molar-refractivity contribution in [2.75, 3.05) is 44.2 Å². The number of halogens is 1. The first-order chi connectivity index (χ1) is 16.4. The molecule has 1 saturated heterocycles. The molecule has 34 heavy (non-hydrogen) atoms. The fourth-order valence-corrected chi connectivity index (χ4v) is 4.62. The Morgan fingerprint density at radius 2 is 1.68 bits per heavy atom. The van der Waals surface area contributed by atoms with Gasteiger partial charge in [0.1, 0.15) is 30.1 Å². The van der Waals surface area contributed by atoms with Crippen molar-refractivity contribution in [2.24, 2.45) is 0 Å². The molecule has 1 N–H and O–H groups in total. The molecule has 180 valence electrons. The molecule has 0 aliphatic carbocycles. The zero-order chi connectivity index (χ0) is 24.1. The molecule has 0 bridgehead atoms. The first-order valence-corrected chi connectivity index (χ1v) is 12.2. The molecule has 2 aromatic carbocycles. The summed E-state index contributed by atoms with van der Waals surface area (Å²) in [6.45, 7) is 10.3. The predicted molar refractivity (Wildman–Crippen MR) is 137 cm³/mol. The molecule has 0 radical (unpaired) electrons. The van der Waals surface area contributed by atoms with Crippen molar-refractivity contribution in [3.63, 3.8) is 0 Å². The van der Waals surface area contributed by atoms with Crippen LogP contribution in [0.25, 0.3) is 0 Å². The van der Waals surface area contributed by atoms with Crippen molar-refractivity contribution >= 4 is 17.4 Å². The van der Waals surface area contributed by atoms with Crippen LogP contribution in [0.5, 0.6) is 5.75 Å². The van der Waals surface area contributed by atoms with Gasteiger partial charge in [-0.2, -0.15) is 0 Å². The standard InChI is InChI=1S/C27H33ClN4O2/c1-19-8-4-7-11-26(19)34-18-23(33)17-31-12-14-32(15-13-31)27-24(20(2)29-21(3)30-27)16-22-9-5-6-10-25(22)28/h4-11,23,33H,12-18H2,1-3H3. The minimum Gasteiger partial charge on any atom is -0.491 e. The fraction of sp³-hybridized carbons (Fsp3) is 0.407. The molecule has 0 spiro atoms. The Hall–Kier alpha value is -2.67. The molecule has 1 aliphatic heterocycles. The monoisotopic (exact) mass is 480 g/mol. The van der Waals surface area contributed by atoms with Gasteiger partial charge in [0.15, 0.2) is 0 Å². The number of benzene rings is 2. The third-order valence-corrected chi connectivity index (χ3v) is 6.66. The van der Waals surface area contributed by atoms with Gasteiger partial charge < -0.3 is 14.7 Å². The molecule has 1 aliphatic rings. The van der Waals surface area contributed by atoms with Crippen LogP contribution in [0.15, 0.2) is 48.5 Å². The quantitative estimate of drug-likeness (QED) is 0.521. The van der Waals surface area contributed by atoms with Crippen molar-refractivity contribution in [3.8, 4) is 5.75 Å². The summed E-state index contributed by atoms with van der Waals surface area (Å²) in [6, 6.07) is 15.8. The number of hydrogen-bond acceptors (Lipinski definition) is 6. The summed E-state index contributed by atoms with van der Waals surface area (Å²) >= 11 is 6.44. The zero-order valence-electron chi connectivity index (χ0n) is 20.2. The predicted octanol–water partition coefficient (Wildman–Crippen LogP) is 4.21. The second kappa shape index (κ2) is 11.2. The van der Waals surface area contributed by atoms with Gasteiger partial charge in [-0.05, 0) is 44.0 Å². The number of aromatic nitrogens is 2. The van der Waals surface area contributed by atoms with Crippen LogP contribution >= 0.6 is 11.6 Å². The van der Waals surface area contributed by atoms with Crippen molar-refractivity contribution < 1.29 is 9.84 Å². The maximum absolute atomic E-state index is 10.5. The number of aryl methyl sites for hydroxylation is 3. The number of aliphatic hydroxyl groups excluding tert-OH is 1. The molecule has 7 heteroatoms. The summed E-state index contributed by atoms with van der Waals surface area (Å²) in [4.78, 5) is 14.1. The van der Waals surface area contributed by atoms with Crippen LogP contribution in [0, 0.1) is 20.8 Å². The van der Waals surface area contributed by atoms with Crippen LogP contribution in [0.4, 0.5) is 5.82 Å². The second-order valence-electron chi connectivity index (χ2n) is 8.94. The van der Waals surface area contributed by atoms with Crippen molar-refractivity contribution in [2.45, 2.75) is 33.3 Å². The lowest BCUT2D eigenvalue weighted by Crippen LogP contribution is -2.49. The lowest BCUT2D eigenvalue weighted by molar-refractivity contribution is 0.0660. The Morgan fingerprint density at radius 3 is 2.41 bits per heavy atom. The van der Waals surface area contributed by atoms with Crippen molar-refractivity contribution in [3.05, 3.63) is 81.8 Å². The molecule has 1 atom stereocenters. The van der Waals surface area contributed by atoms with E-state index in [0.29, 0.717) is 13.0 Å². The van der Waals surface area contributed by atoms with Crippen LogP contribution in [0.1, 0.15) is 28.2 Å². The zero-order valence-corrected chi connectivity index (χ0v) is 20.9. The number of β-amino-alcohol motifs (C(OH)–C–C–N with tert-alkyl or cyclic N) is 1. The molecule has 3 aromatic rings. The Bertz CT molecular complexity index is 1120. The molecular weight excluding hydrogens is 448 g/mol. The van der Waals surface area contributed by atoms with Crippen LogP contribution in [-0.4, -0.2) is 65.4 Å². The van der Waals surface area contributed by atoms with Gasteiger partial charge in [-0.25, -0.2) is 9.97 Å². The molecule has 1 fully saturated rings. The van der Waals surface area contributed by atoms with Crippen LogP contribution in [-0.2, 0) is 6.42 Å². The normalized spacial score (nSPS) is 15.4. The SMILES string of the molecule is Cc1nc(C)c(Cc2ccccc2Cl)c(N2CCN(CC(O)COc3ccccc3C)CC2)n1.